The first kappa shape index (κ1) is 60.2. The van der Waals surface area contributed by atoms with Crippen LogP contribution in [-0.2, 0) is 29.3 Å². The molecule has 6 heterocycles. The van der Waals surface area contributed by atoms with Crippen molar-refractivity contribution in [2.24, 2.45) is 10.8 Å². The molecule has 1 atom stereocenters. The van der Waals surface area contributed by atoms with Crippen molar-refractivity contribution >= 4 is 71.4 Å². The number of rotatable bonds is 17. The highest BCUT2D eigenvalue weighted by Crippen LogP contribution is 2.47. The maximum Gasteiger partial charge on any atom is 0.501 e. The van der Waals surface area contributed by atoms with Crippen molar-refractivity contribution in [1.82, 2.24) is 34.3 Å². The second kappa shape index (κ2) is 24.2. The standard InChI is InChI=1S/C59H73ClF3N9O9S2/c1-56(2,3)81-55(74)72-39-58(40-72)17-22-70(23-18-58)38-57(4)16-14-48(41-6-8-44(60)9-7-41)43(35-57)37-69-24-26-71(27-25-69)45-10-12-49(51(33-45)80-46-32-42-15-20-65-53(42)66-36-46)54(73)67-83(77,78)47-11-13-50(52(34-47)82(75,76)59(61,62)63)64-19-5-21-68-28-30-79-31-29-68/h6-13,15,20,32-34,36,64H,5,14,16-19,21-31,35,37-40H2,1-4H3,(H,65,66)(H,67,73)/t57-/m1/s1. The number of halogens is 4. The number of benzene rings is 3. The molecule has 2 aromatic heterocycles. The summed E-state index contributed by atoms with van der Waals surface area (Å²) in [5.41, 5.74) is -1.51. The first-order valence-electron chi connectivity index (χ1n) is 28.3. The minimum Gasteiger partial charge on any atom is -0.455 e. The third-order valence-corrected chi connectivity index (χ3v) is 19.7. The van der Waals surface area contributed by atoms with E-state index in [-0.39, 0.29) is 40.5 Å². The number of nitrogens with one attached hydrogen (secondary N) is 3. The van der Waals surface area contributed by atoms with E-state index in [4.69, 9.17) is 25.8 Å². The van der Waals surface area contributed by atoms with Gasteiger partial charge in [-0.2, -0.15) is 13.2 Å². The summed E-state index contributed by atoms with van der Waals surface area (Å²) < 4.78 is 115. The molecule has 4 saturated heterocycles. The van der Waals surface area contributed by atoms with E-state index in [1.807, 2.05) is 42.5 Å². The Hall–Kier alpha value is -5.95. The van der Waals surface area contributed by atoms with Crippen molar-refractivity contribution < 1.29 is 53.8 Å². The summed E-state index contributed by atoms with van der Waals surface area (Å²) in [6.07, 6.45) is 8.40. The summed E-state index contributed by atoms with van der Waals surface area (Å²) in [7, 11) is -11.1. The van der Waals surface area contributed by atoms with Crippen LogP contribution in [0.3, 0.4) is 0 Å². The van der Waals surface area contributed by atoms with E-state index in [0.717, 1.165) is 83.5 Å². The van der Waals surface area contributed by atoms with Gasteiger partial charge in [0.1, 0.15) is 27.6 Å². The summed E-state index contributed by atoms with van der Waals surface area (Å²) in [6.45, 7) is 19.1. The quantitative estimate of drug-likeness (QED) is 0.0743. The number of hydrogen-bond donors (Lipinski definition) is 3. The van der Waals surface area contributed by atoms with E-state index in [2.05, 4.69) is 53.9 Å². The number of pyridine rings is 1. The molecule has 1 spiro atoms. The summed E-state index contributed by atoms with van der Waals surface area (Å²) in [6, 6.07) is 18.7. The predicted octanol–water partition coefficient (Wildman–Crippen LogP) is 9.65. The predicted molar refractivity (Wildman–Crippen MR) is 312 cm³/mol. The van der Waals surface area contributed by atoms with Gasteiger partial charge in [0.05, 0.1) is 35.6 Å². The summed E-state index contributed by atoms with van der Waals surface area (Å²) >= 11 is 6.38. The van der Waals surface area contributed by atoms with Crippen molar-refractivity contribution in [2.75, 3.05) is 115 Å². The Morgan fingerprint density at radius 2 is 1.57 bits per heavy atom. The van der Waals surface area contributed by atoms with Crippen molar-refractivity contribution in [3.8, 4) is 11.5 Å². The van der Waals surface area contributed by atoms with Crippen LogP contribution < -0.4 is 19.7 Å². The molecule has 448 valence electrons. The number of nitrogens with zero attached hydrogens (tertiary/aromatic N) is 6. The number of likely N-dealkylation sites (tertiary alicyclic amines) is 2. The molecule has 3 N–H and O–H groups in total. The number of aromatic nitrogens is 2. The Kier molecular flexibility index (Phi) is 17.5. The van der Waals surface area contributed by atoms with Crippen LogP contribution in [0.15, 0.2) is 101 Å². The fourth-order valence-corrected chi connectivity index (χ4v) is 14.3. The minimum atomic E-state index is -6.06. The number of alkyl halides is 3. The average Bonchev–Trinajstić information content (AvgIpc) is 3.33. The Balaban J connectivity index is 0.829. The molecule has 18 nitrogen and oxygen atoms in total. The number of fused-ring (bicyclic) bond motifs is 1. The van der Waals surface area contributed by atoms with Gasteiger partial charge in [-0.15, -0.1) is 0 Å². The molecule has 0 saturated carbocycles. The van der Waals surface area contributed by atoms with Crippen LogP contribution >= 0.6 is 11.6 Å². The Bertz CT molecular complexity index is 3440. The Labute approximate surface area is 488 Å². The highest BCUT2D eigenvalue weighted by atomic mass is 35.5. The lowest BCUT2D eigenvalue weighted by molar-refractivity contribution is -0.0628. The number of allylic oxidation sites excluding steroid dienone is 1. The van der Waals surface area contributed by atoms with Gasteiger partial charge in [-0.3, -0.25) is 14.6 Å². The van der Waals surface area contributed by atoms with E-state index in [9.17, 15) is 39.6 Å². The second-order valence-corrected chi connectivity index (χ2v) is 28.1. The lowest BCUT2D eigenvalue weighted by Gasteiger charge is -2.54. The second-order valence-electron chi connectivity index (χ2n) is 24.1. The Morgan fingerprint density at radius 3 is 2.27 bits per heavy atom. The highest BCUT2D eigenvalue weighted by molar-refractivity contribution is 7.92. The van der Waals surface area contributed by atoms with Gasteiger partial charge in [-0.05, 0) is 150 Å². The SMILES string of the molecule is CC(C)(C)OC(=O)N1CC2(CCN(C[C@]3(C)CCC(c4ccc(Cl)cc4)=C(CN4CCN(c5ccc(C(=O)NS(=O)(=O)c6ccc(NCCCN7CCOCC7)c(S(=O)(=O)C(F)(F)F)c6)c(Oc6cnc7[nH]ccc7c6)c5)CC4)C3)CC2)C1. The van der Waals surface area contributed by atoms with Crippen molar-refractivity contribution in [3.05, 3.63) is 107 Å². The zero-order chi connectivity index (χ0) is 59.0. The molecule has 2 amide bonds. The molecule has 4 fully saturated rings. The van der Waals surface area contributed by atoms with Crippen molar-refractivity contribution in [1.29, 1.82) is 0 Å². The number of morpholine rings is 1. The van der Waals surface area contributed by atoms with Gasteiger partial charge in [0.15, 0.2) is 0 Å². The van der Waals surface area contributed by atoms with Crippen LogP contribution in [0.5, 0.6) is 11.5 Å². The molecule has 1 aliphatic carbocycles. The van der Waals surface area contributed by atoms with E-state index >= 15 is 0 Å². The lowest BCUT2D eigenvalue weighted by atomic mass is 9.69. The topological polar surface area (TPSA) is 199 Å². The van der Waals surface area contributed by atoms with Gasteiger partial charge < -0.3 is 39.2 Å². The molecule has 5 aromatic rings. The molecule has 5 aliphatic rings. The molecule has 0 radical (unpaired) electrons. The summed E-state index contributed by atoms with van der Waals surface area (Å²) in [4.78, 5) is 43.4. The first-order chi connectivity index (χ1) is 39.3. The van der Waals surface area contributed by atoms with Crippen LogP contribution in [0.2, 0.25) is 5.02 Å². The number of hydrogen-bond acceptors (Lipinski definition) is 15. The lowest BCUT2D eigenvalue weighted by Crippen LogP contribution is -2.62. The number of piperidine rings is 1. The average molecular weight is 1210 g/mol. The fraction of sp³-hybridized carbons (Fsp3) is 0.508. The molecule has 0 unspecified atom stereocenters. The normalized spacial score (nSPS) is 20.6. The maximum absolute atomic E-state index is 14.2. The van der Waals surface area contributed by atoms with Crippen LogP contribution in [0, 0.1) is 10.8 Å². The summed E-state index contributed by atoms with van der Waals surface area (Å²) in [5, 5.41) is 4.13. The molecule has 3 aromatic carbocycles. The largest absolute Gasteiger partial charge is 0.501 e. The van der Waals surface area contributed by atoms with Gasteiger partial charge in [-0.1, -0.05) is 36.2 Å². The zero-order valence-electron chi connectivity index (χ0n) is 47.3. The van der Waals surface area contributed by atoms with E-state index in [1.54, 1.807) is 30.5 Å². The van der Waals surface area contributed by atoms with E-state index < -0.39 is 52.4 Å². The van der Waals surface area contributed by atoms with Crippen molar-refractivity contribution in [3.63, 3.8) is 0 Å². The Morgan fingerprint density at radius 1 is 0.843 bits per heavy atom. The third kappa shape index (κ3) is 14.3. The van der Waals surface area contributed by atoms with Gasteiger partial charge in [0.2, 0.25) is 0 Å². The van der Waals surface area contributed by atoms with Crippen LogP contribution in [0.4, 0.5) is 29.3 Å². The third-order valence-electron chi connectivity index (χ3n) is 16.6. The number of sulfonamides is 1. The van der Waals surface area contributed by atoms with Crippen LogP contribution in [0.1, 0.15) is 82.1 Å². The molecular formula is C59H73ClF3N9O9S2. The number of carbonyl (C=O) groups is 2. The maximum atomic E-state index is 14.2. The number of piperazine rings is 1. The minimum absolute atomic E-state index is 0.0233. The zero-order valence-corrected chi connectivity index (χ0v) is 49.7. The molecule has 10 rings (SSSR count). The monoisotopic (exact) mass is 1210 g/mol. The molecule has 24 heteroatoms. The van der Waals surface area contributed by atoms with Gasteiger partial charge in [0.25, 0.3) is 25.8 Å². The van der Waals surface area contributed by atoms with Gasteiger partial charge in [0, 0.05) is 106 Å². The number of amides is 2. The number of ether oxygens (including phenoxy) is 3. The molecular weight excluding hydrogens is 1140 g/mol. The van der Waals surface area contributed by atoms with E-state index in [0.29, 0.717) is 93.3 Å². The number of carbonyl (C=O) groups excluding carboxylic acids is 2. The molecule has 4 aliphatic heterocycles. The number of H-pyrrole nitrogens is 1. The van der Waals surface area contributed by atoms with Crippen molar-refractivity contribution in [2.45, 2.75) is 87.1 Å². The van der Waals surface area contributed by atoms with Gasteiger partial charge in [-0.25, -0.2) is 31.3 Å². The number of sulfone groups is 1. The highest BCUT2D eigenvalue weighted by Gasteiger charge is 2.50. The fourth-order valence-electron chi connectivity index (χ4n) is 12.1. The first-order valence-corrected chi connectivity index (χ1v) is 31.6. The van der Waals surface area contributed by atoms with Crippen LogP contribution in [0.25, 0.3) is 16.6 Å². The summed E-state index contributed by atoms with van der Waals surface area (Å²) in [5.74, 6) is -0.953. The van der Waals surface area contributed by atoms with Gasteiger partial charge >= 0.3 is 11.6 Å². The smallest absolute Gasteiger partial charge is 0.455 e. The molecule has 83 heavy (non-hydrogen) atoms. The van der Waals surface area contributed by atoms with E-state index in [1.165, 1.54) is 29.0 Å². The number of aromatic amines is 1. The number of anilines is 2. The molecule has 0 bridgehead atoms. The van der Waals surface area contributed by atoms with Crippen LogP contribution in [-0.4, -0.2) is 174 Å².